The zero-order valence-electron chi connectivity index (χ0n) is 25.2. The SMILES string of the molecule is Nc1cccc(OCC(F)(F)F)c1.O=C(Nc1cccc(OCC(F)(F)F)c1)c1c(Cl)cccc1[N+](=O)[O-].O=C(O)c1c(Cl)cccc1[N+](=O)[O-]. The maximum Gasteiger partial charge on any atom is 0.422 e. The molecule has 0 saturated heterocycles. The number of hydrogen-bond donors (Lipinski definition) is 3. The van der Waals surface area contributed by atoms with Gasteiger partial charge in [0.1, 0.15) is 17.1 Å². The highest BCUT2D eigenvalue weighted by molar-refractivity contribution is 6.35. The van der Waals surface area contributed by atoms with Gasteiger partial charge in [-0.1, -0.05) is 47.5 Å². The lowest BCUT2D eigenvalue weighted by atomic mass is 10.1. The number of alkyl halides is 6. The monoisotopic (exact) mass is 766 g/mol. The number of halogens is 8. The molecule has 0 aromatic heterocycles. The molecule has 0 radical (unpaired) electrons. The first-order valence-corrected chi connectivity index (χ1v) is 14.2. The van der Waals surface area contributed by atoms with E-state index in [2.05, 4.69) is 14.8 Å². The third kappa shape index (κ3) is 14.3. The minimum absolute atomic E-state index is 0.0962. The molecule has 0 unspecified atom stereocenters. The van der Waals surface area contributed by atoms with Crippen LogP contribution in [0.5, 0.6) is 11.5 Å². The number of ether oxygens (including phenoxy) is 2. The minimum atomic E-state index is -4.50. The predicted molar refractivity (Wildman–Crippen MR) is 172 cm³/mol. The average molecular weight is 767 g/mol. The first-order valence-electron chi connectivity index (χ1n) is 13.4. The molecular formula is C30H22Cl2F6N4O9. The van der Waals surface area contributed by atoms with E-state index in [1.807, 2.05) is 0 Å². The number of nitrogen functional groups attached to an aromatic ring is 1. The summed E-state index contributed by atoms with van der Waals surface area (Å²) < 4.78 is 80.6. The van der Waals surface area contributed by atoms with Crippen LogP contribution in [0.3, 0.4) is 0 Å². The van der Waals surface area contributed by atoms with E-state index in [1.165, 1.54) is 60.7 Å². The van der Waals surface area contributed by atoms with Crippen molar-refractivity contribution in [3.63, 3.8) is 0 Å². The van der Waals surface area contributed by atoms with Gasteiger partial charge in [0, 0.05) is 35.6 Å². The number of nitro groups is 2. The fourth-order valence-electron chi connectivity index (χ4n) is 3.56. The van der Waals surface area contributed by atoms with Gasteiger partial charge in [-0.15, -0.1) is 0 Å². The summed E-state index contributed by atoms with van der Waals surface area (Å²) in [4.78, 5) is 42.6. The first kappa shape index (κ1) is 41.4. The van der Waals surface area contributed by atoms with Crippen molar-refractivity contribution in [3.05, 3.63) is 126 Å². The number of carboxylic acids is 1. The van der Waals surface area contributed by atoms with Crippen LogP contribution >= 0.6 is 23.2 Å². The molecule has 4 aromatic rings. The van der Waals surface area contributed by atoms with Gasteiger partial charge >= 0.3 is 18.3 Å². The molecule has 0 fully saturated rings. The summed E-state index contributed by atoms with van der Waals surface area (Å²) in [5.74, 6) is -2.27. The van der Waals surface area contributed by atoms with Crippen LogP contribution < -0.4 is 20.5 Å². The molecule has 0 aliphatic carbocycles. The number of benzene rings is 4. The maximum atomic E-state index is 12.3. The van der Waals surface area contributed by atoms with E-state index in [1.54, 1.807) is 6.07 Å². The van der Waals surface area contributed by atoms with Crippen molar-refractivity contribution in [2.24, 2.45) is 0 Å². The first-order chi connectivity index (χ1) is 23.7. The molecular weight excluding hydrogens is 745 g/mol. The molecule has 4 N–H and O–H groups in total. The predicted octanol–water partition coefficient (Wildman–Crippen LogP) is 8.60. The van der Waals surface area contributed by atoms with Crippen LogP contribution in [-0.4, -0.2) is 52.4 Å². The second-order valence-electron chi connectivity index (χ2n) is 9.45. The number of nitro benzene ring substituents is 2. The summed E-state index contributed by atoms with van der Waals surface area (Å²) >= 11 is 11.3. The molecule has 0 saturated carbocycles. The second-order valence-corrected chi connectivity index (χ2v) is 10.3. The highest BCUT2D eigenvalue weighted by atomic mass is 35.5. The summed E-state index contributed by atoms with van der Waals surface area (Å²) in [6.45, 7) is -2.78. The Kier molecular flexibility index (Phi) is 14.8. The van der Waals surface area contributed by atoms with Crippen LogP contribution in [0.25, 0.3) is 0 Å². The van der Waals surface area contributed by atoms with E-state index >= 15 is 0 Å². The van der Waals surface area contributed by atoms with E-state index in [4.69, 9.17) is 34.0 Å². The van der Waals surface area contributed by atoms with Crippen LogP contribution in [0.2, 0.25) is 10.0 Å². The van der Waals surface area contributed by atoms with E-state index in [0.29, 0.717) is 5.69 Å². The molecule has 51 heavy (non-hydrogen) atoms. The molecule has 21 heteroatoms. The van der Waals surface area contributed by atoms with Crippen molar-refractivity contribution >= 4 is 57.8 Å². The standard InChI is InChI=1S/C15H10ClF3N2O4.C8H8F3NO.C7H4ClNO4/c16-11-5-2-6-12(21(23)24)13(11)14(22)20-9-3-1-4-10(7-9)25-8-15(17,18)19;9-8(10,11)5-13-7-3-1-2-6(12)4-7;8-4-2-1-3-5(9(12)13)6(4)7(10)11/h1-7H,8H2,(H,20,22);1-4H,5,12H2;1-3H,(H,10,11). The van der Waals surface area contributed by atoms with Crippen molar-refractivity contribution in [1.82, 2.24) is 0 Å². The number of amides is 1. The van der Waals surface area contributed by atoms with Crippen LogP contribution in [0.1, 0.15) is 20.7 Å². The highest BCUT2D eigenvalue weighted by Crippen LogP contribution is 2.29. The molecule has 1 amide bonds. The van der Waals surface area contributed by atoms with E-state index in [0.717, 1.165) is 18.2 Å². The number of rotatable bonds is 9. The topological polar surface area (TPSA) is 197 Å². The molecule has 0 spiro atoms. The van der Waals surface area contributed by atoms with Crippen molar-refractivity contribution in [3.8, 4) is 11.5 Å². The fourth-order valence-corrected chi connectivity index (χ4v) is 4.06. The van der Waals surface area contributed by atoms with Crippen molar-refractivity contribution in [1.29, 1.82) is 0 Å². The van der Waals surface area contributed by atoms with Gasteiger partial charge in [-0.05, 0) is 36.4 Å². The van der Waals surface area contributed by atoms with Crippen LogP contribution in [0.15, 0.2) is 84.9 Å². The number of hydrogen-bond acceptors (Lipinski definition) is 9. The summed E-state index contributed by atoms with van der Waals surface area (Å²) in [7, 11) is 0. The van der Waals surface area contributed by atoms with Crippen molar-refractivity contribution in [2.75, 3.05) is 24.3 Å². The molecule has 4 rings (SSSR count). The van der Waals surface area contributed by atoms with E-state index < -0.39 is 64.2 Å². The van der Waals surface area contributed by atoms with Gasteiger partial charge < -0.3 is 25.6 Å². The average Bonchev–Trinajstić information content (AvgIpc) is 3.02. The molecule has 0 aliphatic rings. The molecule has 4 aromatic carbocycles. The maximum absolute atomic E-state index is 12.3. The smallest absolute Gasteiger partial charge is 0.422 e. The van der Waals surface area contributed by atoms with Gasteiger partial charge in [0.15, 0.2) is 18.8 Å². The third-order valence-corrected chi connectivity index (χ3v) is 6.20. The summed E-state index contributed by atoms with van der Waals surface area (Å²) in [6, 6.07) is 18.5. The number of nitrogens with two attached hydrogens (primary N) is 1. The Hall–Kier alpha value is -5.82. The molecule has 0 bridgehead atoms. The fraction of sp³-hybridized carbons (Fsp3) is 0.133. The summed E-state index contributed by atoms with van der Waals surface area (Å²) in [5.41, 5.74) is 3.99. The number of anilines is 2. The van der Waals surface area contributed by atoms with Crippen LogP contribution in [0, 0.1) is 20.2 Å². The molecule has 13 nitrogen and oxygen atoms in total. The Balaban J connectivity index is 0.000000292. The zero-order chi connectivity index (χ0) is 38.5. The largest absolute Gasteiger partial charge is 0.484 e. The minimum Gasteiger partial charge on any atom is -0.484 e. The Labute approximate surface area is 292 Å². The number of carboxylic acid groups (broad SMARTS) is 1. The zero-order valence-corrected chi connectivity index (χ0v) is 26.7. The van der Waals surface area contributed by atoms with E-state index in [9.17, 15) is 56.2 Å². The van der Waals surface area contributed by atoms with Crippen LogP contribution in [-0.2, 0) is 0 Å². The summed E-state index contributed by atoms with van der Waals surface area (Å²) in [5, 5.41) is 32.0. The van der Waals surface area contributed by atoms with Crippen molar-refractivity contribution < 1.29 is 60.4 Å². The second kappa shape index (κ2) is 18.3. The number of carbonyl (C=O) groups is 2. The Morgan fingerprint density at radius 3 is 1.59 bits per heavy atom. The van der Waals surface area contributed by atoms with Gasteiger partial charge in [-0.3, -0.25) is 25.0 Å². The number of nitrogens with one attached hydrogen (secondary N) is 1. The Morgan fingerprint density at radius 2 is 1.16 bits per heavy atom. The lowest BCUT2D eigenvalue weighted by molar-refractivity contribution is -0.385. The number of aromatic carboxylic acids is 1. The molecule has 0 heterocycles. The van der Waals surface area contributed by atoms with Gasteiger partial charge in [-0.25, -0.2) is 4.79 Å². The molecule has 0 atom stereocenters. The van der Waals surface area contributed by atoms with E-state index in [-0.39, 0.29) is 32.8 Å². The van der Waals surface area contributed by atoms with Gasteiger partial charge in [-0.2, -0.15) is 26.3 Å². The molecule has 272 valence electrons. The lowest BCUT2D eigenvalue weighted by Crippen LogP contribution is -2.19. The highest BCUT2D eigenvalue weighted by Gasteiger charge is 2.29. The summed E-state index contributed by atoms with van der Waals surface area (Å²) in [6.07, 6.45) is -8.82. The van der Waals surface area contributed by atoms with Gasteiger partial charge in [0.2, 0.25) is 0 Å². The van der Waals surface area contributed by atoms with Gasteiger partial charge in [0.05, 0.1) is 19.9 Å². The number of carbonyl (C=O) groups excluding carboxylic acids is 1. The Morgan fingerprint density at radius 1 is 0.725 bits per heavy atom. The Bertz CT molecular complexity index is 1880. The van der Waals surface area contributed by atoms with Crippen molar-refractivity contribution in [2.45, 2.75) is 12.4 Å². The lowest BCUT2D eigenvalue weighted by Gasteiger charge is -2.11. The van der Waals surface area contributed by atoms with Gasteiger partial charge in [0.25, 0.3) is 17.3 Å². The quantitative estimate of drug-likeness (QED) is 0.0642. The normalized spacial score (nSPS) is 10.7. The number of nitrogens with zero attached hydrogens (tertiary/aromatic N) is 2. The third-order valence-electron chi connectivity index (χ3n) is 5.57. The van der Waals surface area contributed by atoms with Crippen LogP contribution in [0.4, 0.5) is 49.1 Å². The molecule has 0 aliphatic heterocycles.